The fraction of sp³-hybridized carbons (Fsp3) is 0.125. The highest BCUT2D eigenvalue weighted by Gasteiger charge is 2.21. The molecule has 16 heteroatoms. The quantitative estimate of drug-likeness (QED) is 0.228. The highest BCUT2D eigenvalue weighted by Crippen LogP contribution is 2.29. The number of fused-ring (bicyclic) bond motifs is 2. The van der Waals surface area contributed by atoms with Crippen molar-refractivity contribution in [3.8, 4) is 45.0 Å². The van der Waals surface area contributed by atoms with Crippen molar-refractivity contribution >= 4 is 32.9 Å². The van der Waals surface area contributed by atoms with Crippen LogP contribution >= 0.6 is 11.8 Å². The first-order valence-corrected chi connectivity index (χ1v) is 17.6. The van der Waals surface area contributed by atoms with Gasteiger partial charge in [0.1, 0.15) is 5.03 Å². The molecule has 48 heavy (non-hydrogen) atoms. The third-order valence-electron chi connectivity index (χ3n) is 7.38. The van der Waals surface area contributed by atoms with Gasteiger partial charge in [-0.2, -0.15) is 10.2 Å². The average molecular weight is 677 g/mol. The van der Waals surface area contributed by atoms with E-state index in [4.69, 9.17) is 4.98 Å². The largest absolute Gasteiger partial charge is 0.295 e. The molecule has 0 aliphatic heterocycles. The van der Waals surface area contributed by atoms with Crippen molar-refractivity contribution in [3.63, 3.8) is 0 Å². The summed E-state index contributed by atoms with van der Waals surface area (Å²) in [5, 5.41) is 9.23. The molecular formula is C32H28N12O2S2. The van der Waals surface area contributed by atoms with Crippen LogP contribution in [0.3, 0.4) is 0 Å². The van der Waals surface area contributed by atoms with E-state index in [0.29, 0.717) is 5.69 Å². The van der Waals surface area contributed by atoms with Crippen molar-refractivity contribution in [2.24, 2.45) is 14.1 Å². The number of rotatable bonds is 6. The fourth-order valence-electron chi connectivity index (χ4n) is 5.15. The van der Waals surface area contributed by atoms with Crippen LogP contribution in [0.2, 0.25) is 0 Å². The van der Waals surface area contributed by atoms with Crippen molar-refractivity contribution in [1.29, 1.82) is 0 Å². The van der Waals surface area contributed by atoms with E-state index in [1.54, 1.807) is 68.8 Å². The standard InChI is InChI=1S/C16H14N6O2S.C16H14N6S/c1-21-9-12(7-19-21)14-8-18-15-16(25(2,23)24)20-13(10-22(14)15)11-4-3-5-17-6-11;1-21-9-12(7-19-21)14-8-18-15-16(23-2)20-13(10-22(14)15)11-4-3-5-17-6-11/h3-10H,1-2H3;3-10H,1-2H3. The molecule has 0 aliphatic carbocycles. The summed E-state index contributed by atoms with van der Waals surface area (Å²) in [4.78, 5) is 26.1. The Morgan fingerprint density at radius 2 is 1.17 bits per heavy atom. The monoisotopic (exact) mass is 676 g/mol. The number of aryl methyl sites for hydroxylation is 2. The van der Waals surface area contributed by atoms with Crippen LogP contribution in [-0.2, 0) is 23.9 Å². The molecule has 14 nitrogen and oxygen atoms in total. The molecule has 0 spiro atoms. The topological polar surface area (TPSA) is 156 Å². The van der Waals surface area contributed by atoms with Gasteiger partial charge in [-0.25, -0.2) is 28.4 Å². The summed E-state index contributed by atoms with van der Waals surface area (Å²) in [7, 11) is 0.163. The Morgan fingerprint density at radius 1 is 0.646 bits per heavy atom. The van der Waals surface area contributed by atoms with E-state index >= 15 is 0 Å². The van der Waals surface area contributed by atoms with Gasteiger partial charge in [0.2, 0.25) is 0 Å². The minimum absolute atomic E-state index is 0.0657. The van der Waals surface area contributed by atoms with Gasteiger partial charge in [0.15, 0.2) is 26.2 Å². The number of hydrogen-bond acceptors (Lipinski definition) is 11. The summed E-state index contributed by atoms with van der Waals surface area (Å²) in [5.74, 6) is 0. The number of pyridine rings is 2. The highest BCUT2D eigenvalue weighted by molar-refractivity contribution is 7.98. The number of hydrogen-bond donors (Lipinski definition) is 0. The smallest absolute Gasteiger partial charge is 0.199 e. The molecule has 0 fully saturated rings. The van der Waals surface area contributed by atoms with Crippen LogP contribution < -0.4 is 0 Å². The predicted octanol–water partition coefficient (Wildman–Crippen LogP) is 4.51. The van der Waals surface area contributed by atoms with E-state index in [1.165, 1.54) is 0 Å². The number of nitrogens with zero attached hydrogens (tertiary/aromatic N) is 12. The zero-order valence-electron chi connectivity index (χ0n) is 26.2. The van der Waals surface area contributed by atoms with Gasteiger partial charge in [0, 0.05) is 92.2 Å². The summed E-state index contributed by atoms with van der Waals surface area (Å²) < 4.78 is 31.7. The number of imidazole rings is 2. The third-order valence-corrected chi connectivity index (χ3v) is 9.02. The first kappa shape index (κ1) is 30.9. The molecule has 0 saturated carbocycles. The van der Waals surface area contributed by atoms with Crippen LogP contribution in [0, 0.1) is 0 Å². The number of sulfone groups is 1. The van der Waals surface area contributed by atoms with Crippen LogP contribution in [0.4, 0.5) is 0 Å². The maximum absolute atomic E-state index is 12.2. The minimum atomic E-state index is -3.56. The number of thioether (sulfide) groups is 1. The molecule has 0 aliphatic rings. The lowest BCUT2D eigenvalue weighted by Gasteiger charge is -2.07. The van der Waals surface area contributed by atoms with E-state index in [-0.39, 0.29) is 10.7 Å². The van der Waals surface area contributed by atoms with E-state index in [1.807, 2.05) is 75.7 Å². The Balaban J connectivity index is 0.000000152. The molecule has 8 aromatic heterocycles. The van der Waals surface area contributed by atoms with E-state index in [0.717, 1.165) is 56.3 Å². The van der Waals surface area contributed by atoms with Crippen molar-refractivity contribution in [3.05, 3.63) is 98.6 Å². The van der Waals surface area contributed by atoms with Crippen LogP contribution in [0.1, 0.15) is 0 Å². The second-order valence-corrected chi connectivity index (χ2v) is 13.5. The normalized spacial score (nSPS) is 11.6. The first-order chi connectivity index (χ1) is 23.2. The van der Waals surface area contributed by atoms with Gasteiger partial charge in [-0.15, -0.1) is 11.8 Å². The van der Waals surface area contributed by atoms with Crippen LogP contribution in [0.15, 0.2) is 109 Å². The summed E-state index contributed by atoms with van der Waals surface area (Å²) >= 11 is 1.59. The zero-order chi connectivity index (χ0) is 33.4. The van der Waals surface area contributed by atoms with Gasteiger partial charge in [0.05, 0.1) is 47.6 Å². The van der Waals surface area contributed by atoms with Gasteiger partial charge in [-0.3, -0.25) is 28.1 Å². The van der Waals surface area contributed by atoms with Crippen LogP contribution in [0.5, 0.6) is 0 Å². The molecule has 0 N–H and O–H groups in total. The Kier molecular flexibility index (Phi) is 8.02. The summed E-state index contributed by atoms with van der Waals surface area (Å²) in [6.45, 7) is 0. The van der Waals surface area contributed by atoms with Gasteiger partial charge in [0.25, 0.3) is 0 Å². The summed E-state index contributed by atoms with van der Waals surface area (Å²) in [5.41, 5.74) is 7.81. The van der Waals surface area contributed by atoms with Crippen molar-refractivity contribution in [2.75, 3.05) is 12.5 Å². The molecule has 0 bridgehead atoms. The lowest BCUT2D eigenvalue weighted by molar-refractivity contribution is 0.598. The lowest BCUT2D eigenvalue weighted by Crippen LogP contribution is -2.06. The van der Waals surface area contributed by atoms with Crippen molar-refractivity contribution in [2.45, 2.75) is 10.1 Å². The lowest BCUT2D eigenvalue weighted by atomic mass is 10.2. The third kappa shape index (κ3) is 5.93. The van der Waals surface area contributed by atoms with E-state index in [2.05, 4.69) is 39.5 Å². The Hall–Kier alpha value is -5.74. The molecule has 0 saturated heterocycles. The van der Waals surface area contributed by atoms with Crippen molar-refractivity contribution < 1.29 is 8.42 Å². The second-order valence-electron chi connectivity index (χ2n) is 10.8. The summed E-state index contributed by atoms with van der Waals surface area (Å²) in [6, 6.07) is 7.52. The molecule has 0 radical (unpaired) electrons. The molecule has 240 valence electrons. The Labute approximate surface area is 279 Å². The average Bonchev–Trinajstić information content (AvgIpc) is 3.91. The predicted molar refractivity (Wildman–Crippen MR) is 182 cm³/mol. The van der Waals surface area contributed by atoms with Crippen LogP contribution in [0.25, 0.3) is 56.3 Å². The minimum Gasteiger partial charge on any atom is -0.295 e. The number of aromatic nitrogens is 12. The van der Waals surface area contributed by atoms with Crippen molar-refractivity contribution in [1.82, 2.24) is 58.3 Å². The molecule has 0 amide bonds. The van der Waals surface area contributed by atoms with Gasteiger partial charge in [-0.1, -0.05) is 0 Å². The Morgan fingerprint density at radius 3 is 1.62 bits per heavy atom. The Bertz CT molecular complexity index is 2500. The van der Waals surface area contributed by atoms with E-state index < -0.39 is 9.84 Å². The maximum Gasteiger partial charge on any atom is 0.199 e. The molecule has 8 heterocycles. The molecule has 8 rings (SSSR count). The maximum atomic E-state index is 12.2. The molecule has 0 unspecified atom stereocenters. The summed E-state index contributed by atoms with van der Waals surface area (Å²) in [6.07, 6.45) is 24.6. The molecule has 0 aromatic carbocycles. The first-order valence-electron chi connectivity index (χ1n) is 14.5. The zero-order valence-corrected chi connectivity index (χ0v) is 27.9. The van der Waals surface area contributed by atoms with Gasteiger partial charge >= 0.3 is 0 Å². The SMILES string of the molecule is CSc1nc(-c2cccnc2)cn2c(-c3cnn(C)c3)cnc12.Cn1cc(-c2cnc3c(S(C)(=O)=O)nc(-c4cccnc4)cn23)cn1. The van der Waals surface area contributed by atoms with E-state index in [9.17, 15) is 8.42 Å². The second kappa shape index (κ2) is 12.5. The molecular weight excluding hydrogens is 649 g/mol. The fourth-order valence-corrected chi connectivity index (χ4v) is 6.42. The highest BCUT2D eigenvalue weighted by atomic mass is 32.2. The van der Waals surface area contributed by atoms with Gasteiger partial charge < -0.3 is 0 Å². The molecule has 8 aromatic rings. The van der Waals surface area contributed by atoms with Gasteiger partial charge in [-0.05, 0) is 30.5 Å². The van der Waals surface area contributed by atoms with Crippen LogP contribution in [-0.4, -0.2) is 79.2 Å². The molecule has 0 atom stereocenters.